The number of nitrogens with one attached hydrogen (secondary N) is 1. The molecule has 0 aromatic rings. The van der Waals surface area contributed by atoms with Gasteiger partial charge in [-0.3, -0.25) is 0 Å². The zero-order valence-corrected chi connectivity index (χ0v) is 12.2. The highest BCUT2D eigenvalue weighted by atomic mass is 32.2. The Hall–Kier alpha value is 0.620. The zero-order chi connectivity index (χ0) is 12.3. The van der Waals surface area contributed by atoms with Crippen molar-refractivity contribution in [2.75, 3.05) is 19.7 Å². The highest BCUT2D eigenvalue weighted by Gasteiger charge is 2.17. The number of unbranched alkanes of at least 4 members (excludes halogenated alkanes) is 6. The molecule has 0 heterocycles. The fourth-order valence-corrected chi connectivity index (χ4v) is 1.78. The molecular weight excluding hydrogens is 238 g/mol. The van der Waals surface area contributed by atoms with Crippen LogP contribution in [0.3, 0.4) is 0 Å². The van der Waals surface area contributed by atoms with Gasteiger partial charge in [0.1, 0.15) is 0 Å². The van der Waals surface area contributed by atoms with Crippen molar-refractivity contribution in [3.63, 3.8) is 0 Å². The summed E-state index contributed by atoms with van der Waals surface area (Å²) < 4.78 is -0.582. The van der Waals surface area contributed by atoms with Crippen molar-refractivity contribution in [2.45, 2.75) is 55.9 Å². The van der Waals surface area contributed by atoms with Gasteiger partial charge in [-0.05, 0) is 13.0 Å². The summed E-state index contributed by atoms with van der Waals surface area (Å²) in [4.78, 5) is 0. The Kier molecular flexibility index (Phi) is 11.2. The first-order valence-corrected chi connectivity index (χ1v) is 7.28. The van der Waals surface area contributed by atoms with Crippen LogP contribution < -0.4 is 5.32 Å². The van der Waals surface area contributed by atoms with Gasteiger partial charge in [0.05, 0.1) is 10.7 Å². The minimum atomic E-state index is -0.582. The molecule has 0 fully saturated rings. The molecule has 98 valence electrons. The molecule has 0 saturated heterocycles. The fourth-order valence-electron chi connectivity index (χ4n) is 1.55. The first-order chi connectivity index (χ1) is 7.62. The average molecular weight is 265 g/mol. The molecule has 2 N–H and O–H groups in total. The van der Waals surface area contributed by atoms with Crippen LogP contribution in [0.25, 0.3) is 0 Å². The van der Waals surface area contributed by atoms with Crippen molar-refractivity contribution in [3.8, 4) is 0 Å². The molecule has 0 aliphatic rings. The van der Waals surface area contributed by atoms with E-state index in [1.54, 1.807) is 0 Å². The molecule has 16 heavy (non-hydrogen) atoms. The smallest absolute Gasteiger partial charge is 0.0906 e. The van der Waals surface area contributed by atoms with Gasteiger partial charge in [-0.2, -0.15) is 25.3 Å². The van der Waals surface area contributed by atoms with Gasteiger partial charge in [0.25, 0.3) is 0 Å². The summed E-state index contributed by atoms with van der Waals surface area (Å²) in [5, 5.41) is 12.2. The minimum Gasteiger partial charge on any atom is -0.394 e. The standard InChI is InChI=1S/C12H27NOS2/c1-2-3-4-5-6-7-8-9-13-10-12(15,16)11-14/h13-16H,2-11H2,1H3. The Morgan fingerprint density at radius 1 is 1.00 bits per heavy atom. The molecule has 0 bridgehead atoms. The summed E-state index contributed by atoms with van der Waals surface area (Å²) >= 11 is 8.44. The Labute approximate surface area is 111 Å². The predicted molar refractivity (Wildman–Crippen MR) is 78.7 cm³/mol. The third-order valence-electron chi connectivity index (χ3n) is 2.62. The molecule has 0 amide bonds. The van der Waals surface area contributed by atoms with Gasteiger partial charge in [-0.25, -0.2) is 0 Å². The van der Waals surface area contributed by atoms with Crippen LogP contribution in [0, 0.1) is 0 Å². The van der Waals surface area contributed by atoms with E-state index in [0.717, 1.165) is 6.54 Å². The van der Waals surface area contributed by atoms with Gasteiger partial charge in [0, 0.05) is 6.54 Å². The molecule has 0 aromatic heterocycles. The van der Waals surface area contributed by atoms with Gasteiger partial charge >= 0.3 is 0 Å². The second-order valence-electron chi connectivity index (χ2n) is 4.44. The lowest BCUT2D eigenvalue weighted by Gasteiger charge is -2.19. The van der Waals surface area contributed by atoms with E-state index < -0.39 is 4.08 Å². The van der Waals surface area contributed by atoms with E-state index in [0.29, 0.717) is 6.54 Å². The summed E-state index contributed by atoms with van der Waals surface area (Å²) in [6.07, 6.45) is 9.27. The Morgan fingerprint density at radius 3 is 2.12 bits per heavy atom. The number of hydrogen-bond donors (Lipinski definition) is 4. The number of hydrogen-bond acceptors (Lipinski definition) is 4. The number of rotatable bonds is 11. The second kappa shape index (κ2) is 10.8. The van der Waals surface area contributed by atoms with Crippen molar-refractivity contribution in [3.05, 3.63) is 0 Å². The van der Waals surface area contributed by atoms with Crippen molar-refractivity contribution in [1.82, 2.24) is 5.32 Å². The number of thiol groups is 2. The topological polar surface area (TPSA) is 32.3 Å². The van der Waals surface area contributed by atoms with Crippen LogP contribution in [0.15, 0.2) is 0 Å². The molecule has 0 saturated carbocycles. The molecule has 0 unspecified atom stereocenters. The summed E-state index contributed by atoms with van der Waals surface area (Å²) in [6, 6.07) is 0. The Balaban J connectivity index is 3.10. The molecule has 0 aliphatic carbocycles. The highest BCUT2D eigenvalue weighted by molar-refractivity contribution is 8.00. The van der Waals surface area contributed by atoms with E-state index >= 15 is 0 Å². The summed E-state index contributed by atoms with van der Waals surface area (Å²) in [7, 11) is 0. The van der Waals surface area contributed by atoms with Crippen LogP contribution in [-0.4, -0.2) is 28.9 Å². The molecule has 0 spiro atoms. The quantitative estimate of drug-likeness (QED) is 0.263. The molecule has 0 aromatic carbocycles. The van der Waals surface area contributed by atoms with Gasteiger partial charge in [0.2, 0.25) is 0 Å². The number of aliphatic hydroxyl groups excluding tert-OH is 1. The first-order valence-electron chi connectivity index (χ1n) is 6.38. The third kappa shape index (κ3) is 11.1. The van der Waals surface area contributed by atoms with Crippen molar-refractivity contribution in [1.29, 1.82) is 0 Å². The number of aliphatic hydroxyl groups is 1. The maximum atomic E-state index is 8.92. The second-order valence-corrected chi connectivity index (χ2v) is 6.50. The SMILES string of the molecule is CCCCCCCCCNCC(S)(S)CO. The molecule has 4 heteroatoms. The summed E-state index contributed by atoms with van der Waals surface area (Å²) in [5.41, 5.74) is 0. The first kappa shape index (κ1) is 16.6. The van der Waals surface area contributed by atoms with Gasteiger partial charge in [-0.1, -0.05) is 45.4 Å². The van der Waals surface area contributed by atoms with E-state index in [1.165, 1.54) is 44.9 Å². The fraction of sp³-hybridized carbons (Fsp3) is 1.00. The van der Waals surface area contributed by atoms with Crippen LogP contribution >= 0.6 is 25.3 Å². The van der Waals surface area contributed by atoms with Crippen LogP contribution in [-0.2, 0) is 0 Å². The lowest BCUT2D eigenvalue weighted by molar-refractivity contribution is 0.282. The van der Waals surface area contributed by atoms with Crippen LogP contribution in [0.4, 0.5) is 0 Å². The predicted octanol–water partition coefficient (Wildman–Crippen LogP) is 2.87. The van der Waals surface area contributed by atoms with E-state index in [1.807, 2.05) is 0 Å². The molecule has 0 aliphatic heterocycles. The average Bonchev–Trinajstić information content (AvgIpc) is 2.27. The largest absolute Gasteiger partial charge is 0.394 e. The van der Waals surface area contributed by atoms with Crippen LogP contribution in [0.1, 0.15) is 51.9 Å². The highest BCUT2D eigenvalue weighted by Crippen LogP contribution is 2.16. The van der Waals surface area contributed by atoms with Crippen molar-refractivity contribution >= 4 is 25.3 Å². The van der Waals surface area contributed by atoms with Gasteiger partial charge in [-0.15, -0.1) is 0 Å². The Morgan fingerprint density at radius 2 is 1.56 bits per heavy atom. The summed E-state index contributed by atoms with van der Waals surface area (Å²) in [6.45, 7) is 3.87. The van der Waals surface area contributed by atoms with Crippen molar-refractivity contribution < 1.29 is 5.11 Å². The van der Waals surface area contributed by atoms with E-state index in [2.05, 4.69) is 37.5 Å². The van der Waals surface area contributed by atoms with E-state index in [-0.39, 0.29) is 6.61 Å². The maximum Gasteiger partial charge on any atom is 0.0906 e. The van der Waals surface area contributed by atoms with Crippen LogP contribution in [0.2, 0.25) is 0 Å². The van der Waals surface area contributed by atoms with Gasteiger partial charge < -0.3 is 10.4 Å². The maximum absolute atomic E-state index is 8.92. The summed E-state index contributed by atoms with van der Waals surface area (Å²) in [5.74, 6) is 0. The molecular formula is C12H27NOS2. The molecule has 0 rings (SSSR count). The minimum absolute atomic E-state index is 0.0107. The lowest BCUT2D eigenvalue weighted by atomic mass is 10.1. The van der Waals surface area contributed by atoms with E-state index in [4.69, 9.17) is 5.11 Å². The Bertz CT molecular complexity index is 154. The van der Waals surface area contributed by atoms with Crippen LogP contribution in [0.5, 0.6) is 0 Å². The third-order valence-corrected chi connectivity index (χ3v) is 3.22. The van der Waals surface area contributed by atoms with Gasteiger partial charge in [0.15, 0.2) is 0 Å². The van der Waals surface area contributed by atoms with Crippen molar-refractivity contribution in [2.24, 2.45) is 0 Å². The lowest BCUT2D eigenvalue weighted by Crippen LogP contribution is -2.34. The normalized spacial score (nSPS) is 12.0. The molecule has 0 atom stereocenters. The molecule has 2 nitrogen and oxygen atoms in total. The van der Waals surface area contributed by atoms with E-state index in [9.17, 15) is 0 Å². The monoisotopic (exact) mass is 265 g/mol. The zero-order valence-electron chi connectivity index (χ0n) is 10.4. The molecule has 0 radical (unpaired) electrons.